The second-order valence-electron chi connectivity index (χ2n) is 5.54. The summed E-state index contributed by atoms with van der Waals surface area (Å²) in [6, 6.07) is 3.84. The Morgan fingerprint density at radius 3 is 2.83 bits per heavy atom. The van der Waals surface area contributed by atoms with Gasteiger partial charge in [-0.2, -0.15) is 18.2 Å². The largest absolute Gasteiger partial charge is 0.416 e. The lowest BCUT2D eigenvalue weighted by Crippen LogP contribution is -2.32. The average Bonchev–Trinajstić information content (AvgIpc) is 2.93. The number of benzene rings is 1. The molecule has 3 rings (SSSR count). The number of alkyl halides is 3. The van der Waals surface area contributed by atoms with Gasteiger partial charge >= 0.3 is 6.18 Å². The second-order valence-corrected chi connectivity index (χ2v) is 5.87. The summed E-state index contributed by atoms with van der Waals surface area (Å²) in [4.78, 5) is 10.2. The molecule has 8 heteroatoms. The minimum atomic E-state index is -4.41. The van der Waals surface area contributed by atoms with Crippen LogP contribution in [0.3, 0.4) is 0 Å². The van der Waals surface area contributed by atoms with Crippen molar-refractivity contribution >= 4 is 28.3 Å². The Bertz CT molecular complexity index is 720. The van der Waals surface area contributed by atoms with E-state index in [4.69, 9.17) is 11.6 Å². The van der Waals surface area contributed by atoms with Crippen LogP contribution in [0.15, 0.2) is 18.2 Å². The van der Waals surface area contributed by atoms with Gasteiger partial charge in [0, 0.05) is 24.5 Å². The predicted molar refractivity (Wildman–Crippen MR) is 83.8 cm³/mol. The van der Waals surface area contributed by atoms with Crippen molar-refractivity contribution in [2.45, 2.75) is 25.6 Å². The number of hydrogen-bond acceptors (Lipinski definition) is 4. The molecule has 0 amide bonds. The third-order valence-electron chi connectivity index (χ3n) is 3.96. The van der Waals surface area contributed by atoms with Crippen molar-refractivity contribution in [3.63, 3.8) is 0 Å². The molecule has 1 aliphatic heterocycles. The number of nitrogens with one attached hydrogen (secondary N) is 1. The summed E-state index contributed by atoms with van der Waals surface area (Å²) in [5.74, 6) is 0.592. The fourth-order valence-electron chi connectivity index (χ4n) is 2.91. The SMILES string of the molecule is CCN[C@H]1CCN(c2nc(Cl)nc3cc(C(F)(F)F)ccc23)C1. The first-order chi connectivity index (χ1) is 10.9. The van der Waals surface area contributed by atoms with Crippen LogP contribution < -0.4 is 10.2 Å². The second kappa shape index (κ2) is 6.13. The first-order valence-electron chi connectivity index (χ1n) is 7.41. The smallest absolute Gasteiger partial charge is 0.354 e. The first-order valence-corrected chi connectivity index (χ1v) is 7.79. The summed E-state index contributed by atoms with van der Waals surface area (Å²) < 4.78 is 38.6. The van der Waals surface area contributed by atoms with Gasteiger partial charge in [0.05, 0.1) is 11.1 Å². The van der Waals surface area contributed by atoms with Crippen LogP contribution in [0.25, 0.3) is 10.9 Å². The van der Waals surface area contributed by atoms with Crippen molar-refractivity contribution in [1.29, 1.82) is 0 Å². The van der Waals surface area contributed by atoms with Gasteiger partial charge in [-0.1, -0.05) is 6.92 Å². The highest BCUT2D eigenvalue weighted by Crippen LogP contribution is 2.34. The molecule has 0 bridgehead atoms. The molecule has 0 aliphatic carbocycles. The van der Waals surface area contributed by atoms with E-state index in [9.17, 15) is 13.2 Å². The van der Waals surface area contributed by atoms with Gasteiger partial charge < -0.3 is 10.2 Å². The van der Waals surface area contributed by atoms with E-state index in [0.717, 1.165) is 38.2 Å². The molecule has 0 radical (unpaired) electrons. The lowest BCUT2D eigenvalue weighted by Gasteiger charge is -2.20. The molecule has 0 spiro atoms. The summed E-state index contributed by atoms with van der Waals surface area (Å²) in [6.07, 6.45) is -3.45. The first kappa shape index (κ1) is 16.3. The van der Waals surface area contributed by atoms with E-state index in [-0.39, 0.29) is 10.8 Å². The van der Waals surface area contributed by atoms with Crippen molar-refractivity contribution < 1.29 is 13.2 Å². The summed E-state index contributed by atoms with van der Waals surface area (Å²) >= 11 is 5.92. The van der Waals surface area contributed by atoms with E-state index >= 15 is 0 Å². The van der Waals surface area contributed by atoms with Crippen LogP contribution >= 0.6 is 11.6 Å². The monoisotopic (exact) mass is 344 g/mol. The minimum absolute atomic E-state index is 0.0428. The van der Waals surface area contributed by atoms with Crippen molar-refractivity contribution in [3.8, 4) is 0 Å². The van der Waals surface area contributed by atoms with Gasteiger partial charge in [0.2, 0.25) is 5.28 Å². The summed E-state index contributed by atoms with van der Waals surface area (Å²) in [5.41, 5.74) is -0.528. The van der Waals surface area contributed by atoms with Crippen LogP contribution in [0, 0.1) is 0 Å². The quantitative estimate of drug-likeness (QED) is 0.865. The molecule has 1 aromatic carbocycles. The third-order valence-corrected chi connectivity index (χ3v) is 4.13. The molecule has 2 aromatic rings. The summed E-state index contributed by atoms with van der Waals surface area (Å²) in [6.45, 7) is 4.44. The van der Waals surface area contributed by atoms with Gasteiger partial charge in [-0.15, -0.1) is 0 Å². The average molecular weight is 345 g/mol. The summed E-state index contributed by atoms with van der Waals surface area (Å²) in [7, 11) is 0. The maximum Gasteiger partial charge on any atom is 0.416 e. The Hall–Kier alpha value is -1.60. The zero-order chi connectivity index (χ0) is 16.6. The molecule has 23 heavy (non-hydrogen) atoms. The van der Waals surface area contributed by atoms with Crippen LogP contribution in [0.5, 0.6) is 0 Å². The van der Waals surface area contributed by atoms with Crippen molar-refractivity contribution in [3.05, 3.63) is 29.0 Å². The highest BCUT2D eigenvalue weighted by Gasteiger charge is 2.31. The van der Waals surface area contributed by atoms with Crippen molar-refractivity contribution in [2.24, 2.45) is 0 Å². The molecular formula is C15H16ClF3N4. The number of halogens is 4. The molecule has 124 valence electrons. The Morgan fingerprint density at radius 1 is 1.35 bits per heavy atom. The van der Waals surface area contributed by atoms with Gasteiger partial charge in [-0.25, -0.2) is 4.98 Å². The van der Waals surface area contributed by atoms with E-state index in [2.05, 4.69) is 15.3 Å². The van der Waals surface area contributed by atoms with Crippen LogP contribution in [-0.2, 0) is 6.18 Å². The Morgan fingerprint density at radius 2 is 2.13 bits per heavy atom. The minimum Gasteiger partial charge on any atom is -0.354 e. The molecule has 0 saturated carbocycles. The molecule has 1 N–H and O–H groups in total. The maximum absolute atomic E-state index is 12.9. The predicted octanol–water partition coefficient (Wildman–Crippen LogP) is 3.49. The van der Waals surface area contributed by atoms with E-state index < -0.39 is 11.7 Å². The van der Waals surface area contributed by atoms with Gasteiger partial charge in [0.15, 0.2) is 0 Å². The van der Waals surface area contributed by atoms with Gasteiger partial charge in [0.25, 0.3) is 0 Å². The van der Waals surface area contributed by atoms with Gasteiger partial charge in [-0.3, -0.25) is 0 Å². The standard InChI is InChI=1S/C15H16ClF3N4/c1-2-20-10-5-6-23(8-10)13-11-4-3-9(15(17,18)19)7-12(11)21-14(16)22-13/h3-4,7,10,20H,2,5-6,8H2,1H3/t10-/m0/s1. The summed E-state index contributed by atoms with van der Waals surface area (Å²) in [5, 5.41) is 3.91. The molecule has 1 aromatic heterocycles. The number of anilines is 1. The Labute approximate surface area is 136 Å². The van der Waals surface area contributed by atoms with Crippen molar-refractivity contribution in [1.82, 2.24) is 15.3 Å². The maximum atomic E-state index is 12.9. The third kappa shape index (κ3) is 3.35. The highest BCUT2D eigenvalue weighted by atomic mass is 35.5. The van der Waals surface area contributed by atoms with E-state index in [1.165, 1.54) is 6.07 Å². The van der Waals surface area contributed by atoms with Gasteiger partial charge in [-0.05, 0) is 42.8 Å². The molecular weight excluding hydrogens is 329 g/mol. The lowest BCUT2D eigenvalue weighted by molar-refractivity contribution is -0.137. The van der Waals surface area contributed by atoms with E-state index in [1.54, 1.807) is 0 Å². The number of likely N-dealkylation sites (N-methyl/N-ethyl adjacent to an activating group) is 1. The number of nitrogens with zero attached hydrogens (tertiary/aromatic N) is 3. The molecule has 1 fully saturated rings. The van der Waals surface area contributed by atoms with Crippen LogP contribution in [0.4, 0.5) is 19.0 Å². The molecule has 2 heterocycles. The van der Waals surface area contributed by atoms with Crippen LogP contribution in [-0.4, -0.2) is 35.6 Å². The number of fused-ring (bicyclic) bond motifs is 1. The number of rotatable bonds is 3. The van der Waals surface area contributed by atoms with Crippen LogP contribution in [0.2, 0.25) is 5.28 Å². The molecule has 0 unspecified atom stereocenters. The van der Waals surface area contributed by atoms with Gasteiger partial charge in [0.1, 0.15) is 5.82 Å². The highest BCUT2D eigenvalue weighted by molar-refractivity contribution is 6.28. The fraction of sp³-hybridized carbons (Fsp3) is 0.467. The number of aromatic nitrogens is 2. The molecule has 1 saturated heterocycles. The topological polar surface area (TPSA) is 41.0 Å². The Balaban J connectivity index is 2.01. The number of hydrogen-bond donors (Lipinski definition) is 1. The zero-order valence-electron chi connectivity index (χ0n) is 12.5. The molecule has 1 aliphatic rings. The van der Waals surface area contributed by atoms with E-state index in [0.29, 0.717) is 17.2 Å². The fourth-order valence-corrected chi connectivity index (χ4v) is 3.08. The van der Waals surface area contributed by atoms with Crippen LogP contribution in [0.1, 0.15) is 18.9 Å². The van der Waals surface area contributed by atoms with Crippen molar-refractivity contribution in [2.75, 3.05) is 24.5 Å². The Kier molecular flexibility index (Phi) is 4.33. The molecule has 1 atom stereocenters. The zero-order valence-corrected chi connectivity index (χ0v) is 13.2. The lowest BCUT2D eigenvalue weighted by atomic mass is 10.1. The normalized spacial score (nSPS) is 18.8. The van der Waals surface area contributed by atoms with E-state index in [1.807, 2.05) is 11.8 Å². The molecule has 4 nitrogen and oxygen atoms in total.